The van der Waals surface area contributed by atoms with Crippen molar-refractivity contribution in [2.45, 2.75) is 19.3 Å². The average molecular weight is 385 g/mol. The van der Waals surface area contributed by atoms with E-state index in [0.29, 0.717) is 32.5 Å². The predicted octanol–water partition coefficient (Wildman–Crippen LogP) is 4.51. The molecule has 0 unspecified atom stereocenters. The monoisotopic (exact) mass is 385 g/mol. The maximum Gasteiger partial charge on any atom is 0.335 e. The van der Waals surface area contributed by atoms with Gasteiger partial charge in [-0.1, -0.05) is 30.9 Å². The standard InChI is InChI=1S/C19H15NO4S2/c1-10-8-14(10)15-7-6-13(24-15)9-16-17(21)20(19(25)26-16)12-4-2-11(3-5-12)18(22)23/h2-7,9-10,14H,8H2,1H3,(H,22,23)/b16-9-/t10-,14+/m1/s1. The van der Waals surface area contributed by atoms with E-state index in [1.807, 2.05) is 12.1 Å². The quantitative estimate of drug-likeness (QED) is 0.617. The van der Waals surface area contributed by atoms with Gasteiger partial charge >= 0.3 is 5.97 Å². The Balaban J connectivity index is 1.56. The number of carboxylic acids is 1. The number of amides is 1. The normalized spacial score (nSPS) is 23.7. The summed E-state index contributed by atoms with van der Waals surface area (Å²) in [4.78, 5) is 25.6. The summed E-state index contributed by atoms with van der Waals surface area (Å²) in [6.07, 6.45) is 2.85. The Labute approximate surface area is 159 Å². The molecule has 2 aromatic rings. The Morgan fingerprint density at radius 1 is 1.31 bits per heavy atom. The van der Waals surface area contributed by atoms with Crippen molar-refractivity contribution < 1.29 is 19.1 Å². The van der Waals surface area contributed by atoms with Crippen LogP contribution in [0, 0.1) is 5.92 Å². The smallest absolute Gasteiger partial charge is 0.335 e. The van der Waals surface area contributed by atoms with Crippen LogP contribution >= 0.6 is 24.0 Å². The molecule has 1 saturated carbocycles. The number of carbonyl (C=O) groups excluding carboxylic acids is 1. The number of furan rings is 1. The third kappa shape index (κ3) is 3.08. The van der Waals surface area contributed by atoms with Crippen molar-refractivity contribution in [2.24, 2.45) is 5.92 Å². The first-order valence-corrected chi connectivity index (χ1v) is 9.37. The molecule has 0 spiro atoms. The third-order valence-corrected chi connectivity index (χ3v) is 5.86. The Bertz CT molecular complexity index is 945. The number of thioether (sulfide) groups is 1. The fourth-order valence-corrected chi connectivity index (χ4v) is 4.22. The molecule has 1 aliphatic carbocycles. The Morgan fingerprint density at radius 2 is 2.00 bits per heavy atom. The van der Waals surface area contributed by atoms with Crippen LogP contribution in [0.25, 0.3) is 6.08 Å². The van der Waals surface area contributed by atoms with Gasteiger partial charge in [0.2, 0.25) is 0 Å². The van der Waals surface area contributed by atoms with Crippen LogP contribution in [-0.2, 0) is 4.79 Å². The number of anilines is 1. The van der Waals surface area contributed by atoms with E-state index in [9.17, 15) is 9.59 Å². The predicted molar refractivity (Wildman–Crippen MR) is 104 cm³/mol. The number of carbonyl (C=O) groups is 2. The van der Waals surface area contributed by atoms with E-state index in [4.69, 9.17) is 21.7 Å². The number of hydrogen-bond donors (Lipinski definition) is 1. The van der Waals surface area contributed by atoms with E-state index in [2.05, 4.69) is 6.92 Å². The minimum absolute atomic E-state index is 0.159. The lowest BCUT2D eigenvalue weighted by Crippen LogP contribution is -2.27. The van der Waals surface area contributed by atoms with Crippen LogP contribution in [0.4, 0.5) is 5.69 Å². The summed E-state index contributed by atoms with van der Waals surface area (Å²) in [7, 11) is 0. The van der Waals surface area contributed by atoms with Crippen molar-refractivity contribution in [1.29, 1.82) is 0 Å². The molecule has 132 valence electrons. The molecule has 0 radical (unpaired) electrons. The molecule has 1 aromatic heterocycles. The molecule has 0 bridgehead atoms. The second-order valence-corrected chi connectivity index (χ2v) is 8.10. The SMILES string of the molecule is C[C@@H]1C[C@@H]1c1ccc(/C=C2\SC(=S)N(c3ccc(C(=O)O)cc3)C2=O)o1. The van der Waals surface area contributed by atoms with Gasteiger partial charge in [-0.05, 0) is 48.7 Å². The van der Waals surface area contributed by atoms with Gasteiger partial charge in [-0.15, -0.1) is 0 Å². The van der Waals surface area contributed by atoms with E-state index in [1.54, 1.807) is 18.2 Å². The van der Waals surface area contributed by atoms with Gasteiger partial charge in [-0.3, -0.25) is 9.69 Å². The fraction of sp³-hybridized carbons (Fsp3) is 0.211. The number of benzene rings is 1. The number of hydrogen-bond acceptors (Lipinski definition) is 5. The molecule has 1 aromatic carbocycles. The topological polar surface area (TPSA) is 70.8 Å². The highest BCUT2D eigenvalue weighted by atomic mass is 32.2. The molecule has 4 rings (SSSR count). The second-order valence-electron chi connectivity index (χ2n) is 6.43. The molecule has 2 atom stereocenters. The van der Waals surface area contributed by atoms with E-state index < -0.39 is 5.97 Å². The summed E-state index contributed by atoms with van der Waals surface area (Å²) in [5.41, 5.74) is 0.708. The Kier molecular flexibility index (Phi) is 4.20. The lowest BCUT2D eigenvalue weighted by molar-refractivity contribution is -0.113. The number of nitrogens with zero attached hydrogens (tertiary/aromatic N) is 1. The molecule has 1 amide bonds. The van der Waals surface area contributed by atoms with Crippen molar-refractivity contribution in [2.75, 3.05) is 4.90 Å². The van der Waals surface area contributed by atoms with Crippen molar-refractivity contribution in [1.82, 2.24) is 0 Å². The van der Waals surface area contributed by atoms with Gasteiger partial charge in [0.05, 0.1) is 16.2 Å². The maximum atomic E-state index is 12.7. The largest absolute Gasteiger partial charge is 0.478 e. The Morgan fingerprint density at radius 3 is 2.62 bits per heavy atom. The molecule has 1 N–H and O–H groups in total. The highest BCUT2D eigenvalue weighted by Crippen LogP contribution is 2.47. The Hall–Kier alpha value is -2.38. The fourth-order valence-electron chi connectivity index (χ4n) is 2.94. The van der Waals surface area contributed by atoms with Gasteiger partial charge in [0, 0.05) is 12.0 Å². The lowest BCUT2D eigenvalue weighted by atomic mass is 10.2. The van der Waals surface area contributed by atoms with Crippen LogP contribution in [0.3, 0.4) is 0 Å². The molecule has 2 heterocycles. The molecule has 26 heavy (non-hydrogen) atoms. The molecule has 7 heteroatoms. The van der Waals surface area contributed by atoms with Gasteiger partial charge in [-0.2, -0.15) is 0 Å². The summed E-state index contributed by atoms with van der Waals surface area (Å²) in [5.74, 6) is 1.49. The molecular formula is C19H15NO4S2. The zero-order valence-electron chi connectivity index (χ0n) is 13.8. The van der Waals surface area contributed by atoms with Crippen LogP contribution < -0.4 is 4.90 Å². The zero-order valence-corrected chi connectivity index (χ0v) is 15.5. The van der Waals surface area contributed by atoms with E-state index >= 15 is 0 Å². The lowest BCUT2D eigenvalue weighted by Gasteiger charge is -2.14. The van der Waals surface area contributed by atoms with Crippen molar-refractivity contribution in [3.8, 4) is 0 Å². The molecule has 5 nitrogen and oxygen atoms in total. The van der Waals surface area contributed by atoms with E-state index in [-0.39, 0.29) is 11.5 Å². The first kappa shape index (κ1) is 17.1. The summed E-state index contributed by atoms with van der Waals surface area (Å²) in [6, 6.07) is 9.90. The van der Waals surface area contributed by atoms with E-state index in [0.717, 1.165) is 12.2 Å². The summed E-state index contributed by atoms with van der Waals surface area (Å²) < 4.78 is 6.25. The van der Waals surface area contributed by atoms with Crippen molar-refractivity contribution in [3.63, 3.8) is 0 Å². The maximum absolute atomic E-state index is 12.7. The van der Waals surface area contributed by atoms with Gasteiger partial charge < -0.3 is 9.52 Å². The number of rotatable bonds is 4. The molecule has 1 saturated heterocycles. The number of thiocarbonyl (C=S) groups is 1. The van der Waals surface area contributed by atoms with Gasteiger partial charge in [0.15, 0.2) is 4.32 Å². The van der Waals surface area contributed by atoms with Crippen LogP contribution in [0.2, 0.25) is 0 Å². The summed E-state index contributed by atoms with van der Waals surface area (Å²) in [6.45, 7) is 2.19. The highest BCUT2D eigenvalue weighted by Gasteiger charge is 2.37. The minimum atomic E-state index is -1.01. The zero-order chi connectivity index (χ0) is 18.4. The summed E-state index contributed by atoms with van der Waals surface area (Å²) in [5, 5.41) is 8.98. The number of carboxylic acid groups (broad SMARTS) is 1. The van der Waals surface area contributed by atoms with E-state index in [1.165, 1.54) is 28.8 Å². The van der Waals surface area contributed by atoms with Crippen LogP contribution in [0.5, 0.6) is 0 Å². The van der Waals surface area contributed by atoms with Crippen LogP contribution in [0.15, 0.2) is 45.7 Å². The van der Waals surface area contributed by atoms with Crippen molar-refractivity contribution >= 4 is 51.9 Å². The van der Waals surface area contributed by atoms with Crippen molar-refractivity contribution in [3.05, 3.63) is 58.4 Å². The molecular weight excluding hydrogens is 370 g/mol. The third-order valence-electron chi connectivity index (χ3n) is 4.56. The highest BCUT2D eigenvalue weighted by molar-refractivity contribution is 8.27. The molecule has 2 aliphatic rings. The molecule has 2 fully saturated rings. The average Bonchev–Trinajstić information content (AvgIpc) is 3.04. The second kappa shape index (κ2) is 6.41. The van der Waals surface area contributed by atoms with Gasteiger partial charge in [-0.25, -0.2) is 4.79 Å². The van der Waals surface area contributed by atoms with Gasteiger partial charge in [0.1, 0.15) is 11.5 Å². The van der Waals surface area contributed by atoms with Crippen LogP contribution in [-0.4, -0.2) is 21.3 Å². The molecule has 1 aliphatic heterocycles. The van der Waals surface area contributed by atoms with Gasteiger partial charge in [0.25, 0.3) is 5.91 Å². The number of aromatic carboxylic acids is 1. The first-order chi connectivity index (χ1) is 12.4. The first-order valence-electron chi connectivity index (χ1n) is 8.15. The minimum Gasteiger partial charge on any atom is -0.478 e. The summed E-state index contributed by atoms with van der Waals surface area (Å²) >= 11 is 6.54. The van der Waals surface area contributed by atoms with Crippen LogP contribution in [0.1, 0.15) is 41.1 Å².